The maximum Gasteiger partial charge on any atom is 0.232 e. The lowest BCUT2D eigenvalue weighted by molar-refractivity contribution is -0.165. The molecule has 0 radical (unpaired) electrons. The molecule has 4 bridgehead atoms. The number of fused-ring (bicyclic) bond motifs is 1. The summed E-state index contributed by atoms with van der Waals surface area (Å²) in [5.74, 6) is 0.940. The minimum Gasteiger partial charge on any atom is -0.301 e. The van der Waals surface area contributed by atoms with Crippen molar-refractivity contribution >= 4 is 48.5 Å². The lowest BCUT2D eigenvalue weighted by atomic mass is 9.40. The Kier molecular flexibility index (Phi) is 3.29. The van der Waals surface area contributed by atoms with E-state index >= 15 is 0 Å². The van der Waals surface area contributed by atoms with E-state index in [9.17, 15) is 4.79 Å². The molecule has 0 saturated heterocycles. The number of aromatic nitrogens is 1. The summed E-state index contributed by atoms with van der Waals surface area (Å²) < 4.78 is 2.13. The minimum atomic E-state index is -0.179. The standard InChI is InChI=1S/C20H23BrN2OS/c1-18-6-12-7-19(2,9-18)11-20(8-12,10-18)16(24)23-17-22-14-5-13(21)3-4-15(14)25-17/h3-5,12H,6-11H2,1-2H3,(H,22,23,24). The summed E-state index contributed by atoms with van der Waals surface area (Å²) in [6.45, 7) is 4.82. The Hall–Kier alpha value is -0.940. The van der Waals surface area contributed by atoms with Crippen LogP contribution in [-0.2, 0) is 4.79 Å². The maximum absolute atomic E-state index is 13.3. The summed E-state index contributed by atoms with van der Waals surface area (Å²) in [5, 5.41) is 3.94. The molecule has 2 aromatic rings. The summed E-state index contributed by atoms with van der Waals surface area (Å²) in [7, 11) is 0. The van der Waals surface area contributed by atoms with Crippen LogP contribution in [0.2, 0.25) is 0 Å². The van der Waals surface area contributed by atoms with Crippen molar-refractivity contribution in [1.82, 2.24) is 4.98 Å². The minimum absolute atomic E-state index is 0.179. The van der Waals surface area contributed by atoms with Crippen LogP contribution in [0.1, 0.15) is 52.4 Å². The Balaban J connectivity index is 1.45. The highest BCUT2D eigenvalue weighted by Crippen LogP contribution is 2.69. The molecule has 0 spiro atoms. The molecular weight excluding hydrogens is 396 g/mol. The molecule has 2 atom stereocenters. The van der Waals surface area contributed by atoms with Gasteiger partial charge in [-0.15, -0.1) is 0 Å². The summed E-state index contributed by atoms with van der Waals surface area (Å²) in [6, 6.07) is 6.08. The molecule has 4 fully saturated rings. The number of amides is 1. The Morgan fingerprint density at radius 1 is 1.20 bits per heavy atom. The smallest absolute Gasteiger partial charge is 0.232 e. The van der Waals surface area contributed by atoms with Gasteiger partial charge in [-0.25, -0.2) is 4.98 Å². The van der Waals surface area contributed by atoms with Gasteiger partial charge in [0.25, 0.3) is 0 Å². The fourth-order valence-corrected chi connectivity index (χ4v) is 8.07. The van der Waals surface area contributed by atoms with Crippen LogP contribution in [0.5, 0.6) is 0 Å². The highest BCUT2D eigenvalue weighted by atomic mass is 79.9. The number of hydrogen-bond acceptors (Lipinski definition) is 3. The fourth-order valence-electron chi connectivity index (χ4n) is 6.88. The van der Waals surface area contributed by atoms with Gasteiger partial charge >= 0.3 is 0 Å². The Bertz CT molecular complexity index is 873. The number of benzene rings is 1. The van der Waals surface area contributed by atoms with E-state index in [0.29, 0.717) is 10.8 Å². The van der Waals surface area contributed by atoms with Crippen molar-refractivity contribution in [2.24, 2.45) is 22.2 Å². The first-order chi connectivity index (χ1) is 11.8. The van der Waals surface area contributed by atoms with E-state index in [1.807, 2.05) is 12.1 Å². The zero-order valence-electron chi connectivity index (χ0n) is 14.7. The number of nitrogens with zero attached hydrogens (tertiary/aromatic N) is 1. The Morgan fingerprint density at radius 2 is 1.92 bits per heavy atom. The molecule has 4 aliphatic rings. The molecule has 5 heteroatoms. The second-order valence-corrected chi connectivity index (χ2v) is 11.4. The molecule has 2 unspecified atom stereocenters. The molecule has 1 heterocycles. The van der Waals surface area contributed by atoms with Crippen molar-refractivity contribution in [3.63, 3.8) is 0 Å². The number of anilines is 1. The van der Waals surface area contributed by atoms with Crippen molar-refractivity contribution in [2.45, 2.75) is 52.4 Å². The molecule has 1 aromatic carbocycles. The molecule has 4 aliphatic carbocycles. The average molecular weight is 419 g/mol. The van der Waals surface area contributed by atoms with Gasteiger partial charge in [0.1, 0.15) is 0 Å². The lowest BCUT2D eigenvalue weighted by Crippen LogP contribution is -2.58. The molecule has 1 N–H and O–H groups in total. The predicted molar refractivity (Wildman–Crippen MR) is 106 cm³/mol. The number of carbonyl (C=O) groups is 1. The third kappa shape index (κ3) is 2.57. The van der Waals surface area contributed by atoms with Crippen LogP contribution in [-0.4, -0.2) is 10.9 Å². The number of hydrogen-bond donors (Lipinski definition) is 1. The Labute approximate surface area is 160 Å². The second-order valence-electron chi connectivity index (χ2n) is 9.50. The van der Waals surface area contributed by atoms with Crippen LogP contribution in [0.4, 0.5) is 5.13 Å². The van der Waals surface area contributed by atoms with Gasteiger partial charge in [-0.1, -0.05) is 41.1 Å². The first-order valence-electron chi connectivity index (χ1n) is 9.14. The molecule has 25 heavy (non-hydrogen) atoms. The van der Waals surface area contributed by atoms with Gasteiger partial charge in [0, 0.05) is 4.47 Å². The Morgan fingerprint density at radius 3 is 2.60 bits per heavy atom. The third-order valence-electron chi connectivity index (χ3n) is 6.68. The number of halogens is 1. The van der Waals surface area contributed by atoms with Crippen LogP contribution in [0.15, 0.2) is 22.7 Å². The first kappa shape index (κ1) is 16.2. The van der Waals surface area contributed by atoms with Gasteiger partial charge in [-0.3, -0.25) is 4.79 Å². The average Bonchev–Trinajstić information content (AvgIpc) is 2.84. The van der Waals surface area contributed by atoms with Gasteiger partial charge in [-0.2, -0.15) is 0 Å². The van der Waals surface area contributed by atoms with Crippen LogP contribution in [0, 0.1) is 22.2 Å². The van der Waals surface area contributed by atoms with Crippen molar-refractivity contribution in [3.8, 4) is 0 Å². The molecule has 1 amide bonds. The SMILES string of the molecule is CC12CC3CC(C)(C1)CC(C(=O)Nc1nc4cc(Br)ccc4s1)(C3)C2. The summed E-state index contributed by atoms with van der Waals surface area (Å²) in [4.78, 5) is 18.0. The summed E-state index contributed by atoms with van der Waals surface area (Å²) in [5.41, 5.74) is 1.47. The van der Waals surface area contributed by atoms with Crippen LogP contribution in [0.25, 0.3) is 10.2 Å². The highest BCUT2D eigenvalue weighted by molar-refractivity contribution is 9.10. The van der Waals surface area contributed by atoms with E-state index in [0.717, 1.165) is 45.0 Å². The van der Waals surface area contributed by atoms with E-state index in [1.54, 1.807) is 11.3 Å². The molecular formula is C20H23BrN2OS. The maximum atomic E-state index is 13.3. The van der Waals surface area contributed by atoms with Crippen LogP contribution in [0.3, 0.4) is 0 Å². The summed E-state index contributed by atoms with van der Waals surface area (Å²) in [6.07, 6.45) is 7.09. The topological polar surface area (TPSA) is 42.0 Å². The van der Waals surface area contributed by atoms with Gasteiger partial charge in [0.15, 0.2) is 5.13 Å². The monoisotopic (exact) mass is 418 g/mol. The predicted octanol–water partition coefficient (Wildman–Crippen LogP) is 5.99. The molecule has 0 aliphatic heterocycles. The van der Waals surface area contributed by atoms with E-state index in [1.165, 1.54) is 19.3 Å². The number of rotatable bonds is 2. The van der Waals surface area contributed by atoms with Gasteiger partial charge < -0.3 is 5.32 Å². The largest absolute Gasteiger partial charge is 0.301 e. The normalized spacial score (nSPS) is 39.1. The highest BCUT2D eigenvalue weighted by Gasteiger charge is 2.62. The number of thiazole rings is 1. The quantitative estimate of drug-likeness (QED) is 0.649. The van der Waals surface area contributed by atoms with Crippen molar-refractivity contribution in [3.05, 3.63) is 22.7 Å². The number of nitrogens with one attached hydrogen (secondary N) is 1. The fraction of sp³-hybridized carbons (Fsp3) is 0.600. The van der Waals surface area contributed by atoms with Crippen LogP contribution < -0.4 is 5.32 Å². The third-order valence-corrected chi connectivity index (χ3v) is 8.12. The molecule has 6 rings (SSSR count). The molecule has 4 saturated carbocycles. The van der Waals surface area contributed by atoms with Crippen LogP contribution >= 0.6 is 27.3 Å². The van der Waals surface area contributed by atoms with Crippen molar-refractivity contribution < 1.29 is 4.79 Å². The van der Waals surface area contributed by atoms with Crippen molar-refractivity contribution in [1.29, 1.82) is 0 Å². The lowest BCUT2D eigenvalue weighted by Gasteiger charge is -2.64. The van der Waals surface area contributed by atoms with Crippen molar-refractivity contribution in [2.75, 3.05) is 5.32 Å². The van der Waals surface area contributed by atoms with Gasteiger partial charge in [0.05, 0.1) is 15.6 Å². The first-order valence-corrected chi connectivity index (χ1v) is 10.8. The second kappa shape index (κ2) is 5.07. The van der Waals surface area contributed by atoms with E-state index in [2.05, 4.69) is 46.1 Å². The number of carbonyl (C=O) groups excluding carboxylic acids is 1. The van der Waals surface area contributed by atoms with E-state index < -0.39 is 0 Å². The zero-order valence-corrected chi connectivity index (χ0v) is 17.1. The van der Waals surface area contributed by atoms with E-state index in [-0.39, 0.29) is 11.3 Å². The molecule has 1 aromatic heterocycles. The summed E-state index contributed by atoms with van der Waals surface area (Å²) >= 11 is 5.06. The van der Waals surface area contributed by atoms with Gasteiger partial charge in [0.2, 0.25) is 5.91 Å². The molecule has 132 valence electrons. The van der Waals surface area contributed by atoms with E-state index in [4.69, 9.17) is 0 Å². The molecule has 3 nitrogen and oxygen atoms in total. The van der Waals surface area contributed by atoms with Gasteiger partial charge in [-0.05, 0) is 73.5 Å². The zero-order chi connectivity index (χ0) is 17.4.